The number of rotatable bonds is 12. The summed E-state index contributed by atoms with van der Waals surface area (Å²) in [4.78, 5) is 6.39. The van der Waals surface area contributed by atoms with Crippen LogP contribution in [0.4, 0.5) is 5.69 Å². The van der Waals surface area contributed by atoms with E-state index >= 15 is 0 Å². The van der Waals surface area contributed by atoms with E-state index in [2.05, 4.69) is 9.71 Å². The number of fused-ring (bicyclic) bond motifs is 1. The third-order valence-electron chi connectivity index (χ3n) is 9.50. The molecule has 1 unspecified atom stereocenters. The second-order valence-corrected chi connectivity index (χ2v) is 14.9. The van der Waals surface area contributed by atoms with Crippen LogP contribution >= 0.6 is 0 Å². The van der Waals surface area contributed by atoms with Crippen LogP contribution in [0.3, 0.4) is 0 Å². The molecular formula is C42H41N3O7S. The van der Waals surface area contributed by atoms with Gasteiger partial charge in [0.25, 0.3) is 10.0 Å². The molecule has 5 atom stereocenters. The maximum atomic E-state index is 13.7. The molecule has 11 heteroatoms. The fraction of sp³-hybridized carbons (Fsp3) is 0.214. The van der Waals surface area contributed by atoms with Crippen molar-refractivity contribution in [3.63, 3.8) is 0 Å². The van der Waals surface area contributed by atoms with Crippen LogP contribution in [0, 0.1) is 0 Å². The van der Waals surface area contributed by atoms with E-state index in [-0.39, 0.29) is 29.7 Å². The Balaban J connectivity index is 1.22. The minimum absolute atomic E-state index is 0.0688. The molecule has 0 amide bonds. The average molecular weight is 732 g/mol. The van der Waals surface area contributed by atoms with Crippen molar-refractivity contribution < 1.29 is 33.2 Å². The third-order valence-corrected chi connectivity index (χ3v) is 10.9. The minimum Gasteiger partial charge on any atom is -0.508 e. The van der Waals surface area contributed by atoms with E-state index in [9.17, 15) is 23.7 Å². The number of ether oxygens (including phenoxy) is 2. The molecule has 0 saturated carbocycles. The Morgan fingerprint density at radius 2 is 1.55 bits per heavy atom. The van der Waals surface area contributed by atoms with E-state index in [1.165, 1.54) is 6.07 Å². The van der Waals surface area contributed by atoms with E-state index in [4.69, 9.17) is 9.47 Å². The van der Waals surface area contributed by atoms with Gasteiger partial charge in [0.1, 0.15) is 10.6 Å². The van der Waals surface area contributed by atoms with E-state index < -0.39 is 34.6 Å². The molecule has 6 aromatic rings. The van der Waals surface area contributed by atoms with Gasteiger partial charge in [0.2, 0.25) is 0 Å². The summed E-state index contributed by atoms with van der Waals surface area (Å²) >= 11 is 0. The number of hydrogen-bond donors (Lipinski definition) is 4. The summed E-state index contributed by atoms with van der Waals surface area (Å²) in [5.74, 6) is -0.203. The number of nitrogens with zero attached hydrogens (tertiary/aromatic N) is 2. The highest BCUT2D eigenvalue weighted by molar-refractivity contribution is 7.93. The zero-order valence-electron chi connectivity index (χ0n) is 29.1. The number of benzene rings is 5. The van der Waals surface area contributed by atoms with Crippen molar-refractivity contribution in [2.45, 2.75) is 42.0 Å². The van der Waals surface area contributed by atoms with Gasteiger partial charge >= 0.3 is 0 Å². The fourth-order valence-corrected chi connectivity index (χ4v) is 8.16. The molecule has 4 N–H and O–H groups in total. The summed E-state index contributed by atoms with van der Waals surface area (Å²) in [5, 5.41) is 31.6. The molecule has 1 saturated heterocycles. The molecule has 0 spiro atoms. The first-order valence-corrected chi connectivity index (χ1v) is 18.8. The molecule has 1 aliphatic rings. The quantitative estimate of drug-likeness (QED) is 0.107. The zero-order valence-corrected chi connectivity index (χ0v) is 29.9. The molecule has 0 bridgehead atoms. The monoisotopic (exact) mass is 731 g/mol. The Kier molecular flexibility index (Phi) is 10.8. The Bertz CT molecular complexity index is 2270. The highest BCUT2D eigenvalue weighted by Crippen LogP contribution is 2.47. The molecule has 2 heterocycles. The number of aromatic nitrogens is 1. The molecule has 5 aromatic carbocycles. The lowest BCUT2D eigenvalue weighted by Crippen LogP contribution is -2.44. The lowest BCUT2D eigenvalue weighted by Gasteiger charge is -2.44. The van der Waals surface area contributed by atoms with Crippen LogP contribution in [-0.4, -0.2) is 59.9 Å². The Labute approximate surface area is 309 Å². The molecule has 1 fully saturated rings. The van der Waals surface area contributed by atoms with Crippen molar-refractivity contribution in [2.24, 2.45) is 0 Å². The molecule has 1 aliphatic heterocycles. The highest BCUT2D eigenvalue weighted by Gasteiger charge is 2.42. The third kappa shape index (κ3) is 8.26. The van der Waals surface area contributed by atoms with Crippen LogP contribution < -0.4 is 4.72 Å². The van der Waals surface area contributed by atoms with Crippen LogP contribution in [0.2, 0.25) is 0 Å². The normalized spacial score (nSPS) is 19.6. The van der Waals surface area contributed by atoms with E-state index in [1.54, 1.807) is 60.8 Å². The molecule has 10 nitrogen and oxygen atoms in total. The lowest BCUT2D eigenvalue weighted by molar-refractivity contribution is -0.263. The number of phenolic OH excluding ortho intramolecular Hbond substituents is 1. The van der Waals surface area contributed by atoms with Gasteiger partial charge in [-0.15, -0.1) is 0 Å². The number of pyridine rings is 1. The summed E-state index contributed by atoms with van der Waals surface area (Å²) in [6.07, 6.45) is -1.14. The predicted octanol–water partition coefficient (Wildman–Crippen LogP) is 6.84. The maximum absolute atomic E-state index is 13.7. The molecular weight excluding hydrogens is 691 g/mol. The first-order valence-electron chi connectivity index (χ1n) is 17.4. The number of aliphatic hydroxyl groups excluding tert-OH is 2. The first-order chi connectivity index (χ1) is 25.7. The molecule has 272 valence electrons. The van der Waals surface area contributed by atoms with Gasteiger partial charge in [-0.2, -0.15) is 0 Å². The first kappa shape index (κ1) is 36.2. The fourth-order valence-electron chi connectivity index (χ4n) is 6.93. The lowest BCUT2D eigenvalue weighted by atomic mass is 9.83. The summed E-state index contributed by atoms with van der Waals surface area (Å²) in [5.41, 5.74) is 4.57. The van der Waals surface area contributed by atoms with Crippen LogP contribution in [0.15, 0.2) is 145 Å². The van der Waals surface area contributed by atoms with E-state index in [0.29, 0.717) is 34.3 Å². The van der Waals surface area contributed by atoms with Gasteiger partial charge in [0.05, 0.1) is 30.4 Å². The number of sulfonamides is 1. The molecule has 0 radical (unpaired) electrons. The number of likely N-dealkylation sites (N-methyl/N-ethyl adjacent to an activating group) is 1. The highest BCUT2D eigenvalue weighted by atomic mass is 32.2. The van der Waals surface area contributed by atoms with Gasteiger partial charge in [-0.3, -0.25) is 9.71 Å². The van der Waals surface area contributed by atoms with Crippen molar-refractivity contribution in [1.29, 1.82) is 0 Å². The maximum Gasteiger partial charge on any atom is 0.264 e. The summed E-state index contributed by atoms with van der Waals surface area (Å²) in [7, 11) is -2.11. The number of para-hydroxylation sites is 1. The summed E-state index contributed by atoms with van der Waals surface area (Å²) < 4.78 is 43.8. The van der Waals surface area contributed by atoms with Gasteiger partial charge in [-0.05, 0) is 65.7 Å². The second-order valence-electron chi connectivity index (χ2n) is 13.3. The molecule has 7 rings (SSSR count). The summed E-state index contributed by atoms with van der Waals surface area (Å²) in [6, 6.07) is 39.8. The topological polar surface area (TPSA) is 141 Å². The van der Waals surface area contributed by atoms with Crippen LogP contribution in [0.25, 0.3) is 10.9 Å². The molecule has 1 aromatic heterocycles. The smallest absolute Gasteiger partial charge is 0.264 e. The number of hydrogen-bond acceptors (Lipinski definition) is 9. The Morgan fingerprint density at radius 3 is 2.32 bits per heavy atom. The second kappa shape index (κ2) is 15.8. The van der Waals surface area contributed by atoms with Gasteiger partial charge in [-0.25, -0.2) is 8.42 Å². The predicted molar refractivity (Wildman–Crippen MR) is 203 cm³/mol. The van der Waals surface area contributed by atoms with Crippen LogP contribution in [-0.2, 0) is 26.1 Å². The average Bonchev–Trinajstić information content (AvgIpc) is 3.17. The number of nitrogens with one attached hydrogen (secondary N) is 1. The van der Waals surface area contributed by atoms with Crippen molar-refractivity contribution in [1.82, 2.24) is 9.88 Å². The van der Waals surface area contributed by atoms with E-state index in [0.717, 1.165) is 16.7 Å². The van der Waals surface area contributed by atoms with Crippen molar-refractivity contribution >= 4 is 26.6 Å². The SMILES string of the molecule is CN(C[C@@H](O)c1cccc(O)c1)C[C@H]1OC(c2cccc(NS(=O)(=O)c3cccc4cccnc34)c2)O[C@@H](c2ccc(CO)cc2)[C@@H]1c1ccccc1. The Morgan fingerprint density at radius 1 is 0.811 bits per heavy atom. The van der Waals surface area contributed by atoms with Crippen molar-refractivity contribution in [3.8, 4) is 5.75 Å². The largest absolute Gasteiger partial charge is 0.508 e. The molecule has 0 aliphatic carbocycles. The molecule has 53 heavy (non-hydrogen) atoms. The van der Waals surface area contributed by atoms with Crippen LogP contribution in [0.1, 0.15) is 52.2 Å². The number of aromatic hydroxyl groups is 1. The zero-order chi connectivity index (χ0) is 37.0. The van der Waals surface area contributed by atoms with Gasteiger partial charge < -0.3 is 29.7 Å². The van der Waals surface area contributed by atoms with Gasteiger partial charge in [0.15, 0.2) is 6.29 Å². The number of phenols is 1. The number of aliphatic hydroxyl groups is 2. The van der Waals surface area contributed by atoms with Crippen molar-refractivity contribution in [3.05, 3.63) is 167 Å². The van der Waals surface area contributed by atoms with E-state index in [1.807, 2.05) is 84.7 Å². The van der Waals surface area contributed by atoms with Crippen molar-refractivity contribution in [2.75, 3.05) is 24.9 Å². The van der Waals surface area contributed by atoms with Gasteiger partial charge in [-0.1, -0.05) is 97.1 Å². The Hall–Kier alpha value is -5.14. The van der Waals surface area contributed by atoms with Crippen LogP contribution in [0.5, 0.6) is 5.75 Å². The van der Waals surface area contributed by atoms with Gasteiger partial charge in [0, 0.05) is 41.8 Å². The minimum atomic E-state index is -4.02. The number of anilines is 1. The standard InChI is InChI=1S/C42H41N3O7S/c1-45(25-36(48)32-12-6-16-35(47)24-32)26-37-39(29-9-3-2-4-10-29)41(31-20-18-28(27-46)19-21-31)52-42(51-37)33-13-5-15-34(23-33)44-53(49,50)38-17-7-11-30-14-8-22-43-40(30)38/h2-24,36-37,39,41-42,44,46-48H,25-27H2,1H3/t36-,37-,39-,41+,42?/m1/s1. The summed E-state index contributed by atoms with van der Waals surface area (Å²) in [6.45, 7) is 0.583.